The molecule has 0 unspecified atom stereocenters. The number of hydrogen-bond acceptors (Lipinski definition) is 3. The van der Waals surface area contributed by atoms with Crippen LogP contribution in [0, 0.1) is 0 Å². The first-order valence-electron chi connectivity index (χ1n) is 11.1. The largest absolute Gasteiger partial charge is 0.334 e. The van der Waals surface area contributed by atoms with Crippen LogP contribution >= 0.6 is 11.6 Å². The molecule has 168 valence electrons. The fraction of sp³-hybridized carbons (Fsp3) is 0.107. The predicted octanol–water partition coefficient (Wildman–Crippen LogP) is 5.93. The van der Waals surface area contributed by atoms with Crippen molar-refractivity contribution in [3.05, 3.63) is 125 Å². The summed E-state index contributed by atoms with van der Waals surface area (Å²) in [6.07, 6.45) is 4.09. The molecule has 5 rings (SSSR count). The van der Waals surface area contributed by atoms with E-state index in [0.717, 1.165) is 23.2 Å². The number of carbonyl (C=O) groups excluding carboxylic acids is 1. The second-order valence-electron chi connectivity index (χ2n) is 8.08. The maximum Gasteiger partial charge on any atom is 0.259 e. The molecular weight excluding hydrogens is 444 g/mol. The number of fused-ring (bicyclic) bond motifs is 1. The van der Waals surface area contributed by atoms with Crippen LogP contribution in [0.1, 0.15) is 21.5 Å². The van der Waals surface area contributed by atoms with Crippen LogP contribution in [-0.4, -0.2) is 31.9 Å². The maximum absolute atomic E-state index is 13.8. The van der Waals surface area contributed by atoms with E-state index in [4.69, 9.17) is 11.6 Å². The van der Waals surface area contributed by atoms with E-state index in [-0.39, 0.29) is 5.91 Å². The number of amides is 1. The minimum atomic E-state index is -0.0875. The molecule has 0 saturated heterocycles. The van der Waals surface area contributed by atoms with Gasteiger partial charge in [-0.05, 0) is 35.7 Å². The molecule has 2 heterocycles. The zero-order valence-corrected chi connectivity index (χ0v) is 19.3. The number of hydrogen-bond donors (Lipinski definition) is 0. The molecule has 0 aliphatic rings. The third-order valence-electron chi connectivity index (χ3n) is 5.79. The Balaban J connectivity index is 1.48. The van der Waals surface area contributed by atoms with Crippen LogP contribution in [0.3, 0.4) is 0 Å². The van der Waals surface area contributed by atoms with Gasteiger partial charge in [-0.25, -0.2) is 9.50 Å². The monoisotopic (exact) mass is 466 g/mol. The van der Waals surface area contributed by atoms with E-state index in [1.165, 1.54) is 5.56 Å². The van der Waals surface area contributed by atoms with Crippen molar-refractivity contribution in [3.63, 3.8) is 0 Å². The van der Waals surface area contributed by atoms with Gasteiger partial charge in [-0.3, -0.25) is 4.79 Å². The summed E-state index contributed by atoms with van der Waals surface area (Å²) in [5, 5.41) is 5.19. The minimum absolute atomic E-state index is 0.0875. The summed E-state index contributed by atoms with van der Waals surface area (Å²) in [6.45, 7) is 1.10. The average Bonchev–Trinajstić information content (AvgIpc) is 3.32. The van der Waals surface area contributed by atoms with Gasteiger partial charge in [0, 0.05) is 29.9 Å². The molecule has 0 aliphatic heterocycles. The number of carbonyl (C=O) groups is 1. The van der Waals surface area contributed by atoms with Gasteiger partial charge in [0.15, 0.2) is 5.65 Å². The SMILES string of the molecule is O=C(c1cnn2c(-c3ccc(Cl)cc3)ccnc12)N(CCc1ccccc1)Cc1ccccc1. The Labute approximate surface area is 203 Å². The molecule has 0 fully saturated rings. The lowest BCUT2D eigenvalue weighted by Crippen LogP contribution is -2.32. The highest BCUT2D eigenvalue weighted by molar-refractivity contribution is 6.30. The summed E-state index contributed by atoms with van der Waals surface area (Å²) in [6, 6.07) is 29.7. The molecule has 2 aromatic heterocycles. The zero-order chi connectivity index (χ0) is 23.3. The van der Waals surface area contributed by atoms with E-state index < -0.39 is 0 Å². The molecule has 0 spiro atoms. The standard InChI is InChI=1S/C28H23ClN4O/c29-24-13-11-23(12-14-24)26-15-17-30-27-25(19-31-33(26)27)28(34)32(20-22-9-5-2-6-10-22)18-16-21-7-3-1-4-8-21/h1-15,17,19H,16,18,20H2. The third kappa shape index (κ3) is 4.70. The molecule has 0 bridgehead atoms. The third-order valence-corrected chi connectivity index (χ3v) is 6.04. The van der Waals surface area contributed by atoms with E-state index in [9.17, 15) is 4.79 Å². The van der Waals surface area contributed by atoms with Gasteiger partial charge in [-0.1, -0.05) is 84.4 Å². The molecule has 34 heavy (non-hydrogen) atoms. The molecule has 6 heteroatoms. The van der Waals surface area contributed by atoms with Crippen LogP contribution in [0.15, 0.2) is 103 Å². The summed E-state index contributed by atoms with van der Waals surface area (Å²) in [7, 11) is 0. The number of nitrogens with zero attached hydrogens (tertiary/aromatic N) is 4. The summed E-state index contributed by atoms with van der Waals surface area (Å²) < 4.78 is 1.72. The second kappa shape index (κ2) is 9.89. The Kier molecular flexibility index (Phi) is 6.36. The van der Waals surface area contributed by atoms with E-state index >= 15 is 0 Å². The van der Waals surface area contributed by atoms with Gasteiger partial charge in [0.05, 0.1) is 11.9 Å². The lowest BCUT2D eigenvalue weighted by atomic mass is 10.1. The van der Waals surface area contributed by atoms with Gasteiger partial charge in [0.25, 0.3) is 5.91 Å². The fourth-order valence-corrected chi connectivity index (χ4v) is 4.14. The predicted molar refractivity (Wildman–Crippen MR) is 135 cm³/mol. The molecule has 0 atom stereocenters. The van der Waals surface area contributed by atoms with Crippen LogP contribution in [-0.2, 0) is 13.0 Å². The summed E-state index contributed by atoms with van der Waals surface area (Å²) in [4.78, 5) is 20.1. The lowest BCUT2D eigenvalue weighted by Gasteiger charge is -2.22. The Bertz CT molecular complexity index is 1400. The number of rotatable bonds is 7. The highest BCUT2D eigenvalue weighted by Crippen LogP contribution is 2.23. The summed E-state index contributed by atoms with van der Waals surface area (Å²) in [5.41, 5.74) is 5.09. The molecule has 0 radical (unpaired) electrons. The Morgan fingerprint density at radius 3 is 2.24 bits per heavy atom. The fourth-order valence-electron chi connectivity index (χ4n) is 4.02. The average molecular weight is 467 g/mol. The molecular formula is C28H23ClN4O. The molecule has 1 amide bonds. The van der Waals surface area contributed by atoms with Crippen molar-refractivity contribution in [2.45, 2.75) is 13.0 Å². The smallest absolute Gasteiger partial charge is 0.259 e. The summed E-state index contributed by atoms with van der Waals surface area (Å²) >= 11 is 6.05. The van der Waals surface area contributed by atoms with Crippen molar-refractivity contribution >= 4 is 23.2 Å². The van der Waals surface area contributed by atoms with Crippen molar-refractivity contribution in [1.82, 2.24) is 19.5 Å². The van der Waals surface area contributed by atoms with Crippen LogP contribution < -0.4 is 0 Å². The first-order chi connectivity index (χ1) is 16.7. The van der Waals surface area contributed by atoms with Gasteiger partial charge < -0.3 is 4.90 Å². The van der Waals surface area contributed by atoms with E-state index in [1.807, 2.05) is 83.8 Å². The quantitative estimate of drug-likeness (QED) is 0.298. The molecule has 0 aliphatic carbocycles. The van der Waals surface area contributed by atoms with E-state index in [1.54, 1.807) is 16.9 Å². The maximum atomic E-state index is 13.8. The number of aromatic nitrogens is 3. The normalized spacial score (nSPS) is 11.0. The second-order valence-corrected chi connectivity index (χ2v) is 8.51. The molecule has 0 N–H and O–H groups in total. The number of benzene rings is 3. The molecule has 0 saturated carbocycles. The Hall–Kier alpha value is -3.96. The van der Waals surface area contributed by atoms with E-state index in [0.29, 0.717) is 29.3 Å². The van der Waals surface area contributed by atoms with E-state index in [2.05, 4.69) is 22.2 Å². The van der Waals surface area contributed by atoms with Crippen molar-refractivity contribution in [2.75, 3.05) is 6.54 Å². The minimum Gasteiger partial charge on any atom is -0.334 e. The van der Waals surface area contributed by atoms with Crippen molar-refractivity contribution in [3.8, 4) is 11.3 Å². The van der Waals surface area contributed by atoms with Gasteiger partial charge in [0.2, 0.25) is 0 Å². The summed E-state index contributed by atoms with van der Waals surface area (Å²) in [5.74, 6) is -0.0875. The molecule has 5 aromatic rings. The Morgan fingerprint density at radius 1 is 0.853 bits per heavy atom. The molecule has 3 aromatic carbocycles. The highest BCUT2D eigenvalue weighted by atomic mass is 35.5. The van der Waals surface area contributed by atoms with Gasteiger partial charge in [-0.2, -0.15) is 5.10 Å². The lowest BCUT2D eigenvalue weighted by molar-refractivity contribution is 0.0747. The zero-order valence-electron chi connectivity index (χ0n) is 18.5. The van der Waals surface area contributed by atoms with Crippen LogP contribution in [0.4, 0.5) is 0 Å². The van der Waals surface area contributed by atoms with Gasteiger partial charge in [0.1, 0.15) is 5.56 Å². The number of halogens is 1. The topological polar surface area (TPSA) is 50.5 Å². The Morgan fingerprint density at radius 2 is 1.53 bits per heavy atom. The van der Waals surface area contributed by atoms with Crippen molar-refractivity contribution in [2.24, 2.45) is 0 Å². The van der Waals surface area contributed by atoms with Crippen LogP contribution in [0.25, 0.3) is 16.9 Å². The molecule has 5 nitrogen and oxygen atoms in total. The highest BCUT2D eigenvalue weighted by Gasteiger charge is 2.22. The van der Waals surface area contributed by atoms with Gasteiger partial charge in [-0.15, -0.1) is 0 Å². The van der Waals surface area contributed by atoms with Crippen LogP contribution in [0.5, 0.6) is 0 Å². The first kappa shape index (κ1) is 21.9. The van der Waals surface area contributed by atoms with Crippen molar-refractivity contribution < 1.29 is 4.79 Å². The van der Waals surface area contributed by atoms with Gasteiger partial charge >= 0.3 is 0 Å². The van der Waals surface area contributed by atoms with Crippen molar-refractivity contribution in [1.29, 1.82) is 0 Å². The van der Waals surface area contributed by atoms with Crippen LogP contribution in [0.2, 0.25) is 5.02 Å². The first-order valence-corrected chi connectivity index (χ1v) is 11.5.